The van der Waals surface area contributed by atoms with Crippen molar-refractivity contribution in [3.63, 3.8) is 0 Å². The molecule has 2 aliphatic heterocycles. The summed E-state index contributed by atoms with van der Waals surface area (Å²) in [5, 5.41) is 0.866. The van der Waals surface area contributed by atoms with Gasteiger partial charge in [-0.15, -0.1) is 0 Å². The lowest BCUT2D eigenvalue weighted by molar-refractivity contribution is 0.0839. The Bertz CT molecular complexity index is 456. The summed E-state index contributed by atoms with van der Waals surface area (Å²) in [5.74, 6) is 0.0998. The Labute approximate surface area is 92.2 Å². The minimum Gasteiger partial charge on any atom is -0.287 e. The van der Waals surface area contributed by atoms with Crippen LogP contribution < -0.4 is 0 Å². The van der Waals surface area contributed by atoms with Crippen molar-refractivity contribution in [3.8, 4) is 0 Å². The summed E-state index contributed by atoms with van der Waals surface area (Å²) in [6.07, 6.45) is 0.970. The van der Waals surface area contributed by atoms with Crippen LogP contribution in [0.1, 0.15) is 16.8 Å². The topological polar surface area (TPSA) is 32.7 Å². The van der Waals surface area contributed by atoms with Gasteiger partial charge in [-0.3, -0.25) is 14.7 Å². The first-order chi connectivity index (χ1) is 7.36. The predicted molar refractivity (Wildman–Crippen MR) is 60.3 cm³/mol. The lowest BCUT2D eigenvalue weighted by atomic mass is 10.2. The molecule has 0 bridgehead atoms. The summed E-state index contributed by atoms with van der Waals surface area (Å²) in [5.41, 5.74) is 0.809. The first-order valence-corrected chi connectivity index (χ1v) is 5.81. The quantitative estimate of drug-likeness (QED) is 0.667. The molecule has 0 radical (unpaired) electrons. The summed E-state index contributed by atoms with van der Waals surface area (Å²) >= 11 is 1.60. The highest BCUT2D eigenvalue weighted by molar-refractivity contribution is 8.14. The Kier molecular flexibility index (Phi) is 2.02. The van der Waals surface area contributed by atoms with Crippen LogP contribution in [-0.2, 0) is 0 Å². The maximum Gasteiger partial charge on any atom is 0.260 e. The fraction of sp³-hybridized carbons (Fsp3) is 0.273. The average Bonchev–Trinajstić information content (AvgIpc) is 2.30. The van der Waals surface area contributed by atoms with Gasteiger partial charge in [0.15, 0.2) is 5.17 Å². The molecule has 76 valence electrons. The van der Waals surface area contributed by atoms with Crippen LogP contribution in [0.3, 0.4) is 0 Å². The smallest absolute Gasteiger partial charge is 0.260 e. The average molecular weight is 218 g/mol. The van der Waals surface area contributed by atoms with E-state index in [0.717, 1.165) is 35.1 Å². The number of amidine groups is 1. The number of hydrogen-bond acceptors (Lipinski definition) is 3. The molecule has 0 unspecified atom stereocenters. The van der Waals surface area contributed by atoms with Gasteiger partial charge in [0.25, 0.3) is 5.91 Å². The van der Waals surface area contributed by atoms with Gasteiger partial charge < -0.3 is 0 Å². The van der Waals surface area contributed by atoms with Gasteiger partial charge in [-0.2, -0.15) is 0 Å². The van der Waals surface area contributed by atoms with Gasteiger partial charge in [-0.25, -0.2) is 0 Å². The number of nitrogens with zero attached hydrogens (tertiary/aromatic N) is 2. The first-order valence-electron chi connectivity index (χ1n) is 4.99. The molecule has 0 N–H and O–H groups in total. The molecule has 3 rings (SSSR count). The molecule has 0 atom stereocenters. The maximum absolute atomic E-state index is 12.1. The van der Waals surface area contributed by atoms with Crippen molar-refractivity contribution in [1.82, 2.24) is 4.90 Å². The Balaban J connectivity index is 2.11. The number of carbonyl (C=O) groups excluding carboxylic acids is 1. The Morgan fingerprint density at radius 3 is 3.13 bits per heavy atom. The van der Waals surface area contributed by atoms with Crippen LogP contribution >= 0.6 is 11.8 Å². The third-order valence-electron chi connectivity index (χ3n) is 2.58. The number of fused-ring (bicyclic) bond motifs is 2. The van der Waals surface area contributed by atoms with Gasteiger partial charge in [0.1, 0.15) is 0 Å². The van der Waals surface area contributed by atoms with E-state index < -0.39 is 0 Å². The summed E-state index contributed by atoms with van der Waals surface area (Å²) in [6.45, 7) is 1.65. The molecule has 3 nitrogen and oxygen atoms in total. The molecule has 0 saturated heterocycles. The van der Waals surface area contributed by atoms with Crippen molar-refractivity contribution in [2.24, 2.45) is 4.99 Å². The molecular formula is C11H10N2OS. The molecule has 0 saturated carbocycles. The molecule has 2 heterocycles. The van der Waals surface area contributed by atoms with E-state index in [0.29, 0.717) is 0 Å². The van der Waals surface area contributed by atoms with Crippen LogP contribution in [0.4, 0.5) is 0 Å². The monoisotopic (exact) mass is 218 g/mol. The van der Waals surface area contributed by atoms with E-state index >= 15 is 0 Å². The van der Waals surface area contributed by atoms with E-state index in [-0.39, 0.29) is 5.91 Å². The molecule has 1 amide bonds. The van der Waals surface area contributed by atoms with E-state index in [2.05, 4.69) is 4.99 Å². The third kappa shape index (κ3) is 1.36. The van der Waals surface area contributed by atoms with Crippen LogP contribution in [-0.4, -0.2) is 29.1 Å². The zero-order valence-electron chi connectivity index (χ0n) is 8.14. The molecule has 0 spiro atoms. The van der Waals surface area contributed by atoms with Crippen molar-refractivity contribution in [3.05, 3.63) is 29.8 Å². The number of hydrogen-bond donors (Lipinski definition) is 0. The van der Waals surface area contributed by atoms with E-state index in [1.54, 1.807) is 16.7 Å². The number of aliphatic imine (C=N–C) groups is 1. The first kappa shape index (κ1) is 8.97. The van der Waals surface area contributed by atoms with Gasteiger partial charge in [-0.1, -0.05) is 23.9 Å². The molecule has 15 heavy (non-hydrogen) atoms. The van der Waals surface area contributed by atoms with Crippen molar-refractivity contribution in [1.29, 1.82) is 0 Å². The summed E-state index contributed by atoms with van der Waals surface area (Å²) in [7, 11) is 0. The van der Waals surface area contributed by atoms with E-state index in [4.69, 9.17) is 0 Å². The predicted octanol–water partition coefficient (Wildman–Crippen LogP) is 1.99. The molecular weight excluding hydrogens is 208 g/mol. The van der Waals surface area contributed by atoms with Gasteiger partial charge in [0.05, 0.1) is 5.56 Å². The second kappa shape index (κ2) is 3.38. The Morgan fingerprint density at radius 2 is 2.20 bits per heavy atom. The van der Waals surface area contributed by atoms with Gasteiger partial charge in [0.2, 0.25) is 0 Å². The van der Waals surface area contributed by atoms with Gasteiger partial charge in [-0.05, 0) is 18.6 Å². The molecule has 4 heteroatoms. The Morgan fingerprint density at radius 1 is 1.33 bits per heavy atom. The second-order valence-corrected chi connectivity index (χ2v) is 4.58. The normalized spacial score (nSPS) is 19.3. The minimum atomic E-state index is 0.0998. The number of benzene rings is 1. The summed E-state index contributed by atoms with van der Waals surface area (Å²) < 4.78 is 0. The zero-order valence-corrected chi connectivity index (χ0v) is 8.96. The Hall–Kier alpha value is -1.29. The second-order valence-electron chi connectivity index (χ2n) is 3.57. The molecule has 0 fully saturated rings. The summed E-state index contributed by atoms with van der Waals surface area (Å²) in [4.78, 5) is 19.3. The summed E-state index contributed by atoms with van der Waals surface area (Å²) in [6, 6.07) is 7.73. The fourth-order valence-electron chi connectivity index (χ4n) is 1.84. The van der Waals surface area contributed by atoms with Crippen LogP contribution in [0.5, 0.6) is 0 Å². The van der Waals surface area contributed by atoms with Crippen molar-refractivity contribution >= 4 is 22.8 Å². The standard InChI is InChI=1S/C11H10N2OS/c14-10-8-4-1-2-5-9(8)15-11-12-6-3-7-13(10)11/h1-2,4-5H,3,6-7H2. The van der Waals surface area contributed by atoms with Gasteiger partial charge in [0, 0.05) is 18.0 Å². The number of thioether (sulfide) groups is 1. The molecule has 1 aromatic rings. The lowest BCUT2D eigenvalue weighted by Gasteiger charge is -2.31. The third-order valence-corrected chi connectivity index (χ3v) is 3.69. The largest absolute Gasteiger partial charge is 0.287 e. The van der Waals surface area contributed by atoms with E-state index in [9.17, 15) is 4.79 Å². The molecule has 2 aliphatic rings. The SMILES string of the molecule is O=C1c2ccccc2SC2=NCCCN12. The number of amides is 1. The fourth-order valence-corrected chi connectivity index (χ4v) is 2.89. The van der Waals surface area contributed by atoms with Crippen LogP contribution in [0, 0.1) is 0 Å². The number of carbonyl (C=O) groups is 1. The zero-order chi connectivity index (χ0) is 10.3. The molecule has 0 aliphatic carbocycles. The molecule has 0 aromatic heterocycles. The minimum absolute atomic E-state index is 0.0998. The highest BCUT2D eigenvalue weighted by Crippen LogP contribution is 2.33. The maximum atomic E-state index is 12.1. The van der Waals surface area contributed by atoms with Crippen molar-refractivity contribution < 1.29 is 4.79 Å². The van der Waals surface area contributed by atoms with Crippen LogP contribution in [0.2, 0.25) is 0 Å². The lowest BCUT2D eigenvalue weighted by Crippen LogP contribution is -2.41. The van der Waals surface area contributed by atoms with E-state index in [1.165, 1.54) is 0 Å². The van der Waals surface area contributed by atoms with E-state index in [1.807, 2.05) is 24.3 Å². The van der Waals surface area contributed by atoms with Crippen LogP contribution in [0.15, 0.2) is 34.2 Å². The van der Waals surface area contributed by atoms with Crippen molar-refractivity contribution in [2.75, 3.05) is 13.1 Å². The highest BCUT2D eigenvalue weighted by Gasteiger charge is 2.30. The number of rotatable bonds is 0. The van der Waals surface area contributed by atoms with Crippen LogP contribution in [0.25, 0.3) is 0 Å². The van der Waals surface area contributed by atoms with Crippen molar-refractivity contribution in [2.45, 2.75) is 11.3 Å². The molecule has 1 aromatic carbocycles. The highest BCUT2D eigenvalue weighted by atomic mass is 32.2. The van der Waals surface area contributed by atoms with Gasteiger partial charge >= 0.3 is 0 Å².